The molecule has 0 heterocycles. The average Bonchev–Trinajstić information content (AvgIpc) is 2.62. The van der Waals surface area contributed by atoms with Crippen LogP contribution in [0.3, 0.4) is 0 Å². The molecule has 0 bridgehead atoms. The minimum atomic E-state index is -0.353. The van der Waals surface area contributed by atoms with Crippen LogP contribution in [0.4, 0.5) is 0 Å². The Morgan fingerprint density at radius 3 is 2.52 bits per heavy atom. The normalized spacial score (nSPS) is 12.3. The first-order valence-electron chi connectivity index (χ1n) is 9.13. The number of benzene rings is 1. The van der Waals surface area contributed by atoms with Crippen molar-refractivity contribution in [2.24, 2.45) is 10.8 Å². The van der Waals surface area contributed by atoms with Crippen molar-refractivity contribution in [1.82, 2.24) is 5.32 Å². The molecule has 1 aromatic rings. The van der Waals surface area contributed by atoms with Gasteiger partial charge < -0.3 is 20.5 Å². The molecular formula is C19H31N5O3. The lowest BCUT2D eigenvalue weighted by Gasteiger charge is -2.25. The largest absolute Gasteiger partial charge is 0.378 e. The molecule has 0 spiro atoms. The van der Waals surface area contributed by atoms with Gasteiger partial charge >= 0.3 is 0 Å². The monoisotopic (exact) mass is 377 g/mol. The summed E-state index contributed by atoms with van der Waals surface area (Å²) in [5.41, 5.74) is 16.4. The van der Waals surface area contributed by atoms with Gasteiger partial charge in [-0.05, 0) is 34.2 Å². The third-order valence-electron chi connectivity index (χ3n) is 3.96. The van der Waals surface area contributed by atoms with Crippen molar-refractivity contribution < 1.29 is 14.3 Å². The number of azide groups is 1. The van der Waals surface area contributed by atoms with Crippen LogP contribution >= 0.6 is 0 Å². The van der Waals surface area contributed by atoms with Crippen LogP contribution in [-0.2, 0) is 14.9 Å². The molecule has 1 atom stereocenters. The van der Waals surface area contributed by atoms with Crippen molar-refractivity contribution in [2.75, 3.05) is 39.5 Å². The number of rotatable bonds is 11. The lowest BCUT2D eigenvalue weighted by atomic mass is 9.81. The smallest absolute Gasteiger partial charge is 0.251 e. The lowest BCUT2D eigenvalue weighted by molar-refractivity contribution is 0.0511. The number of nitrogens with zero attached hydrogens (tertiary/aromatic N) is 3. The fourth-order valence-corrected chi connectivity index (χ4v) is 2.62. The maximum absolute atomic E-state index is 12.4. The second kappa shape index (κ2) is 11.6. The van der Waals surface area contributed by atoms with Crippen LogP contribution in [0.25, 0.3) is 10.4 Å². The van der Waals surface area contributed by atoms with Crippen molar-refractivity contribution in [1.29, 1.82) is 0 Å². The predicted octanol–water partition coefficient (Wildman–Crippen LogP) is 3.08. The Bertz CT molecular complexity index is 651. The van der Waals surface area contributed by atoms with Gasteiger partial charge in [0.1, 0.15) is 0 Å². The van der Waals surface area contributed by atoms with Gasteiger partial charge in [0.15, 0.2) is 0 Å². The van der Waals surface area contributed by atoms with Crippen molar-refractivity contribution in [2.45, 2.75) is 39.2 Å². The van der Waals surface area contributed by atoms with E-state index in [9.17, 15) is 4.79 Å². The summed E-state index contributed by atoms with van der Waals surface area (Å²) < 4.78 is 10.6. The third kappa shape index (κ3) is 7.97. The van der Waals surface area contributed by atoms with Crippen molar-refractivity contribution in [3.63, 3.8) is 0 Å². The SMILES string of the molecule is CC(N=[N+]=[N-])c1cc(C(=O)NCCOCCOCCN)ccc1C(C)(C)C. The Kier molecular flexibility index (Phi) is 9.82. The second-order valence-corrected chi connectivity index (χ2v) is 7.20. The van der Waals surface area contributed by atoms with Crippen LogP contribution in [0, 0.1) is 0 Å². The molecule has 0 aliphatic carbocycles. The number of hydrogen-bond acceptors (Lipinski definition) is 5. The Hall–Kier alpha value is -2.12. The van der Waals surface area contributed by atoms with E-state index in [2.05, 4.69) is 36.1 Å². The minimum Gasteiger partial charge on any atom is -0.378 e. The van der Waals surface area contributed by atoms with Crippen molar-refractivity contribution >= 4 is 5.91 Å². The molecule has 0 saturated carbocycles. The van der Waals surface area contributed by atoms with Gasteiger partial charge in [-0.2, -0.15) is 0 Å². The van der Waals surface area contributed by atoms with Gasteiger partial charge in [-0.1, -0.05) is 38.9 Å². The number of carbonyl (C=O) groups is 1. The number of amides is 1. The summed E-state index contributed by atoms with van der Waals surface area (Å²) in [5.74, 6) is -0.187. The number of nitrogens with one attached hydrogen (secondary N) is 1. The van der Waals surface area contributed by atoms with Crippen LogP contribution in [0.15, 0.2) is 23.3 Å². The third-order valence-corrected chi connectivity index (χ3v) is 3.96. The molecule has 1 rings (SSSR count). The number of hydrogen-bond donors (Lipinski definition) is 2. The molecule has 27 heavy (non-hydrogen) atoms. The number of nitrogens with two attached hydrogens (primary N) is 1. The fraction of sp³-hybridized carbons (Fsp3) is 0.632. The van der Waals surface area contributed by atoms with Crippen molar-refractivity contribution in [3.8, 4) is 0 Å². The molecule has 8 heteroatoms. The first kappa shape index (κ1) is 22.9. The van der Waals surface area contributed by atoms with Gasteiger partial charge in [0, 0.05) is 23.6 Å². The Morgan fingerprint density at radius 2 is 1.93 bits per heavy atom. The van der Waals surface area contributed by atoms with Crippen LogP contribution in [0.2, 0.25) is 0 Å². The number of carbonyl (C=O) groups excluding carboxylic acids is 1. The predicted molar refractivity (Wildman–Crippen MR) is 106 cm³/mol. The fourth-order valence-electron chi connectivity index (χ4n) is 2.62. The number of ether oxygens (including phenoxy) is 2. The Morgan fingerprint density at radius 1 is 1.26 bits per heavy atom. The highest BCUT2D eigenvalue weighted by atomic mass is 16.5. The summed E-state index contributed by atoms with van der Waals surface area (Å²) in [7, 11) is 0. The molecular weight excluding hydrogens is 346 g/mol. The average molecular weight is 377 g/mol. The van der Waals surface area contributed by atoms with Gasteiger partial charge in [0.25, 0.3) is 5.91 Å². The summed E-state index contributed by atoms with van der Waals surface area (Å²) >= 11 is 0. The first-order chi connectivity index (χ1) is 12.8. The van der Waals surface area contributed by atoms with Gasteiger partial charge in [-0.3, -0.25) is 4.79 Å². The van der Waals surface area contributed by atoms with Crippen LogP contribution in [0.5, 0.6) is 0 Å². The zero-order valence-electron chi connectivity index (χ0n) is 16.7. The lowest BCUT2D eigenvalue weighted by Crippen LogP contribution is -2.28. The van der Waals surface area contributed by atoms with E-state index in [0.717, 1.165) is 11.1 Å². The van der Waals surface area contributed by atoms with E-state index < -0.39 is 0 Å². The molecule has 0 saturated heterocycles. The quantitative estimate of drug-likeness (QED) is 0.266. The van der Waals surface area contributed by atoms with E-state index in [-0.39, 0.29) is 17.4 Å². The first-order valence-corrected chi connectivity index (χ1v) is 9.13. The zero-order chi connectivity index (χ0) is 20.3. The highest BCUT2D eigenvalue weighted by Gasteiger charge is 2.22. The molecule has 3 N–H and O–H groups in total. The van der Waals surface area contributed by atoms with E-state index in [1.54, 1.807) is 12.1 Å². The maximum atomic E-state index is 12.4. The minimum absolute atomic E-state index is 0.122. The van der Waals surface area contributed by atoms with E-state index in [0.29, 0.717) is 45.1 Å². The van der Waals surface area contributed by atoms with E-state index in [1.807, 2.05) is 13.0 Å². The highest BCUT2D eigenvalue weighted by molar-refractivity contribution is 5.94. The summed E-state index contributed by atoms with van der Waals surface area (Å²) in [6, 6.07) is 5.17. The molecule has 1 amide bonds. The Labute approximate surface area is 161 Å². The standard InChI is InChI=1S/C19H31N5O3/c1-14(23-24-21)16-13-15(5-6-17(16)19(2,3)4)18(25)22-8-10-27-12-11-26-9-7-20/h5-6,13-14H,7-12,20H2,1-4H3,(H,22,25). The molecule has 0 aromatic heterocycles. The molecule has 150 valence electrons. The van der Waals surface area contributed by atoms with Crippen LogP contribution < -0.4 is 11.1 Å². The molecule has 1 unspecified atom stereocenters. The van der Waals surface area contributed by atoms with Crippen LogP contribution in [-0.4, -0.2) is 45.4 Å². The molecule has 8 nitrogen and oxygen atoms in total. The molecule has 0 aliphatic rings. The van der Waals surface area contributed by atoms with Gasteiger partial charge in [0.2, 0.25) is 0 Å². The summed E-state index contributed by atoms with van der Waals surface area (Å²) in [5, 5.41) is 6.62. The van der Waals surface area contributed by atoms with Gasteiger partial charge in [0.05, 0.1) is 32.5 Å². The van der Waals surface area contributed by atoms with E-state index in [4.69, 9.17) is 20.7 Å². The van der Waals surface area contributed by atoms with E-state index >= 15 is 0 Å². The summed E-state index contributed by atoms with van der Waals surface area (Å²) in [4.78, 5) is 15.3. The molecule has 1 aromatic carbocycles. The van der Waals surface area contributed by atoms with Crippen molar-refractivity contribution in [3.05, 3.63) is 45.3 Å². The summed E-state index contributed by atoms with van der Waals surface area (Å²) in [6.07, 6.45) is 0. The summed E-state index contributed by atoms with van der Waals surface area (Å²) in [6.45, 7) is 10.8. The topological polar surface area (TPSA) is 122 Å². The molecule has 0 aliphatic heterocycles. The second-order valence-electron chi connectivity index (χ2n) is 7.20. The van der Waals surface area contributed by atoms with E-state index in [1.165, 1.54) is 0 Å². The maximum Gasteiger partial charge on any atom is 0.251 e. The van der Waals surface area contributed by atoms with Crippen LogP contribution in [0.1, 0.15) is 55.2 Å². The van der Waals surface area contributed by atoms with Gasteiger partial charge in [-0.15, -0.1) is 0 Å². The van der Waals surface area contributed by atoms with Gasteiger partial charge in [-0.25, -0.2) is 0 Å². The molecule has 0 fully saturated rings. The Balaban J connectivity index is 2.67. The molecule has 0 radical (unpaired) electrons. The zero-order valence-corrected chi connectivity index (χ0v) is 16.7. The highest BCUT2D eigenvalue weighted by Crippen LogP contribution is 2.32.